The molecule has 1 aromatic carbocycles. The molecule has 4 nitrogen and oxygen atoms in total. The van der Waals surface area contributed by atoms with Crippen LogP contribution in [-0.2, 0) is 9.47 Å². The third kappa shape index (κ3) is 3.79. The summed E-state index contributed by atoms with van der Waals surface area (Å²) in [4.78, 5) is 11.6. The first-order valence-electron chi connectivity index (χ1n) is 4.65. The molecule has 15 heavy (non-hydrogen) atoms. The van der Waals surface area contributed by atoms with Gasteiger partial charge in [-0.1, -0.05) is 30.3 Å². The minimum absolute atomic E-state index is 0.00898. The number of ketones is 1. The molecular weight excluding hydrogens is 194 g/mol. The van der Waals surface area contributed by atoms with Crippen LogP contribution in [0.3, 0.4) is 0 Å². The molecule has 4 heteroatoms. The van der Waals surface area contributed by atoms with Crippen LogP contribution in [0.2, 0.25) is 0 Å². The number of hydrogen-bond acceptors (Lipinski definition) is 4. The van der Waals surface area contributed by atoms with Gasteiger partial charge in [0.05, 0.1) is 6.54 Å². The normalized spacial score (nSPS) is 10.6. The maximum absolute atomic E-state index is 11.6. The number of carbonyl (C=O) groups is 1. The van der Waals surface area contributed by atoms with Crippen LogP contribution in [0.15, 0.2) is 30.3 Å². The van der Waals surface area contributed by atoms with Crippen molar-refractivity contribution in [1.82, 2.24) is 5.32 Å². The van der Waals surface area contributed by atoms with Crippen LogP contribution >= 0.6 is 0 Å². The Bertz CT molecular complexity index is 296. The van der Waals surface area contributed by atoms with E-state index in [4.69, 9.17) is 9.47 Å². The summed E-state index contributed by atoms with van der Waals surface area (Å²) < 4.78 is 9.80. The molecule has 1 N–H and O–H groups in total. The number of nitrogens with one attached hydrogen (secondary N) is 1. The van der Waals surface area contributed by atoms with E-state index in [0.29, 0.717) is 5.56 Å². The van der Waals surface area contributed by atoms with Crippen molar-refractivity contribution in [2.75, 3.05) is 20.8 Å². The summed E-state index contributed by atoms with van der Waals surface area (Å²) in [6.07, 6.45) is -0.544. The number of Topliss-reactive ketones (excluding diaryl/α,β-unsaturated/α-hetero) is 1. The maximum atomic E-state index is 11.6. The zero-order chi connectivity index (χ0) is 11.1. The minimum atomic E-state index is -0.544. The fraction of sp³-hybridized carbons (Fsp3) is 0.364. The largest absolute Gasteiger partial charge is 0.343 e. The lowest BCUT2D eigenvalue weighted by Gasteiger charge is -2.14. The second-order valence-corrected chi connectivity index (χ2v) is 2.97. The Hall–Kier alpha value is -1.23. The average Bonchev–Trinajstić information content (AvgIpc) is 2.31. The summed E-state index contributed by atoms with van der Waals surface area (Å²) in [5, 5.41) is 2.82. The Morgan fingerprint density at radius 2 is 1.87 bits per heavy atom. The van der Waals surface area contributed by atoms with Gasteiger partial charge in [-0.25, -0.2) is 0 Å². The van der Waals surface area contributed by atoms with Gasteiger partial charge in [-0.05, 0) is 0 Å². The molecule has 0 atom stereocenters. The third-order valence-electron chi connectivity index (χ3n) is 1.95. The molecule has 0 unspecified atom stereocenters. The Morgan fingerprint density at radius 3 is 2.40 bits per heavy atom. The highest BCUT2D eigenvalue weighted by Crippen LogP contribution is 1.99. The van der Waals surface area contributed by atoms with Crippen LogP contribution in [-0.4, -0.2) is 33.0 Å². The van der Waals surface area contributed by atoms with E-state index < -0.39 is 6.41 Å². The van der Waals surface area contributed by atoms with Gasteiger partial charge in [0.15, 0.2) is 5.78 Å². The number of carbonyl (C=O) groups excluding carboxylic acids is 1. The van der Waals surface area contributed by atoms with Crippen LogP contribution in [0, 0.1) is 0 Å². The maximum Gasteiger partial charge on any atom is 0.215 e. The van der Waals surface area contributed by atoms with Crippen molar-refractivity contribution in [3.8, 4) is 0 Å². The van der Waals surface area contributed by atoms with E-state index >= 15 is 0 Å². The lowest BCUT2D eigenvalue weighted by Crippen LogP contribution is -2.36. The van der Waals surface area contributed by atoms with E-state index in [1.807, 2.05) is 18.2 Å². The zero-order valence-electron chi connectivity index (χ0n) is 8.90. The fourth-order valence-corrected chi connectivity index (χ4v) is 1.17. The Balaban J connectivity index is 2.43. The van der Waals surface area contributed by atoms with Crippen LogP contribution in [0.4, 0.5) is 0 Å². The second kappa shape index (κ2) is 6.29. The molecule has 0 aromatic heterocycles. The van der Waals surface area contributed by atoms with Crippen LogP contribution in [0.25, 0.3) is 0 Å². The lowest BCUT2D eigenvalue weighted by molar-refractivity contribution is -0.121. The van der Waals surface area contributed by atoms with Gasteiger partial charge in [-0.15, -0.1) is 0 Å². The van der Waals surface area contributed by atoms with Crippen molar-refractivity contribution >= 4 is 5.78 Å². The van der Waals surface area contributed by atoms with E-state index in [2.05, 4.69) is 5.32 Å². The Kier molecular flexibility index (Phi) is 4.97. The van der Waals surface area contributed by atoms with Gasteiger partial charge in [-0.2, -0.15) is 0 Å². The second-order valence-electron chi connectivity index (χ2n) is 2.97. The van der Waals surface area contributed by atoms with Crippen LogP contribution in [0.5, 0.6) is 0 Å². The monoisotopic (exact) mass is 209 g/mol. The van der Waals surface area contributed by atoms with Gasteiger partial charge < -0.3 is 9.47 Å². The van der Waals surface area contributed by atoms with E-state index in [9.17, 15) is 4.79 Å². The first kappa shape index (κ1) is 11.8. The molecule has 0 heterocycles. The van der Waals surface area contributed by atoms with Gasteiger partial charge in [0, 0.05) is 19.8 Å². The topological polar surface area (TPSA) is 47.6 Å². The predicted molar refractivity (Wildman–Crippen MR) is 56.6 cm³/mol. The van der Waals surface area contributed by atoms with Gasteiger partial charge >= 0.3 is 0 Å². The van der Waals surface area contributed by atoms with E-state index in [1.165, 1.54) is 14.2 Å². The summed E-state index contributed by atoms with van der Waals surface area (Å²) in [5.41, 5.74) is 0.677. The molecule has 1 aromatic rings. The molecular formula is C11H15NO3. The molecule has 0 amide bonds. The number of benzene rings is 1. The SMILES string of the molecule is COC(NCC(=O)c1ccccc1)OC. The first-order valence-corrected chi connectivity index (χ1v) is 4.65. The molecule has 0 aliphatic carbocycles. The summed E-state index contributed by atoms with van der Waals surface area (Å²) in [6, 6.07) is 9.09. The predicted octanol–water partition coefficient (Wildman–Crippen LogP) is 1.04. The molecule has 82 valence electrons. The Morgan fingerprint density at radius 1 is 1.27 bits per heavy atom. The molecule has 0 radical (unpaired) electrons. The van der Waals surface area contributed by atoms with Crippen molar-refractivity contribution < 1.29 is 14.3 Å². The molecule has 1 rings (SSSR count). The van der Waals surface area contributed by atoms with Crippen LogP contribution in [0.1, 0.15) is 10.4 Å². The van der Waals surface area contributed by atoms with Gasteiger partial charge in [0.1, 0.15) is 0 Å². The number of rotatable bonds is 6. The van der Waals surface area contributed by atoms with E-state index in [1.54, 1.807) is 12.1 Å². The van der Waals surface area contributed by atoms with Crippen molar-refractivity contribution in [3.63, 3.8) is 0 Å². The van der Waals surface area contributed by atoms with Crippen molar-refractivity contribution in [2.45, 2.75) is 6.41 Å². The molecule has 0 saturated heterocycles. The average molecular weight is 209 g/mol. The van der Waals surface area contributed by atoms with Crippen molar-refractivity contribution in [2.24, 2.45) is 0 Å². The van der Waals surface area contributed by atoms with Gasteiger partial charge in [-0.3, -0.25) is 10.1 Å². The molecule has 0 bridgehead atoms. The fourth-order valence-electron chi connectivity index (χ4n) is 1.17. The molecule has 0 spiro atoms. The summed E-state index contributed by atoms with van der Waals surface area (Å²) in [5.74, 6) is 0.00898. The van der Waals surface area contributed by atoms with Crippen molar-refractivity contribution in [3.05, 3.63) is 35.9 Å². The number of ether oxygens (including phenoxy) is 2. The smallest absolute Gasteiger partial charge is 0.215 e. The quantitative estimate of drug-likeness (QED) is 0.561. The number of hydrogen-bond donors (Lipinski definition) is 1. The molecule has 0 aliphatic heterocycles. The van der Waals surface area contributed by atoms with E-state index in [-0.39, 0.29) is 12.3 Å². The highest BCUT2D eigenvalue weighted by molar-refractivity contribution is 5.97. The summed E-state index contributed by atoms with van der Waals surface area (Å²) >= 11 is 0. The highest BCUT2D eigenvalue weighted by Gasteiger charge is 2.08. The van der Waals surface area contributed by atoms with Crippen molar-refractivity contribution in [1.29, 1.82) is 0 Å². The van der Waals surface area contributed by atoms with Gasteiger partial charge in [0.25, 0.3) is 0 Å². The third-order valence-corrected chi connectivity index (χ3v) is 1.95. The summed E-state index contributed by atoms with van der Waals surface area (Å²) in [6.45, 7) is 0.191. The molecule has 0 aliphatic rings. The highest BCUT2D eigenvalue weighted by atomic mass is 16.7. The Labute approximate surface area is 89.2 Å². The lowest BCUT2D eigenvalue weighted by atomic mass is 10.1. The first-order chi connectivity index (χ1) is 7.27. The number of methoxy groups -OCH3 is 2. The minimum Gasteiger partial charge on any atom is -0.343 e. The zero-order valence-corrected chi connectivity index (χ0v) is 8.90. The molecule has 0 saturated carbocycles. The van der Waals surface area contributed by atoms with Crippen LogP contribution < -0.4 is 5.32 Å². The standard InChI is InChI=1S/C11H15NO3/c1-14-11(15-2)12-8-10(13)9-6-4-3-5-7-9/h3-7,11-12H,8H2,1-2H3. The van der Waals surface area contributed by atoms with Gasteiger partial charge in [0.2, 0.25) is 6.41 Å². The summed E-state index contributed by atoms with van der Waals surface area (Å²) in [7, 11) is 3.02. The molecule has 0 fully saturated rings. The van der Waals surface area contributed by atoms with E-state index in [0.717, 1.165) is 0 Å².